The maximum atomic E-state index is 5.69. The molecule has 0 spiro atoms. The van der Waals surface area contributed by atoms with Gasteiger partial charge in [-0.05, 0) is 6.92 Å². The maximum absolute atomic E-state index is 5.69. The molecule has 0 aliphatic rings. The molecule has 0 saturated heterocycles. The Hall–Kier alpha value is -0.690. The largest absolute Gasteiger partial charge is 0.380 e. The summed E-state index contributed by atoms with van der Waals surface area (Å²) in [4.78, 5) is 7.70. The Balaban J connectivity index is 2.63. The van der Waals surface area contributed by atoms with Gasteiger partial charge < -0.3 is 20.1 Å². The molecule has 0 aliphatic carbocycles. The maximum Gasteiger partial charge on any atom is 0.185 e. The molecule has 1 rings (SSSR count). The number of ether oxygens (including phenoxy) is 2. The standard InChI is InChI=1S/C11H21N3O2S/c1-4-16-6-5-14(2)11-13-9(8-15-3)10(7-12)17-11/h4-8,12H2,1-3H3. The highest BCUT2D eigenvalue weighted by Gasteiger charge is 2.12. The number of rotatable bonds is 8. The topological polar surface area (TPSA) is 60.6 Å². The third kappa shape index (κ3) is 4.23. The summed E-state index contributed by atoms with van der Waals surface area (Å²) in [6.07, 6.45) is 0. The van der Waals surface area contributed by atoms with E-state index in [0.717, 1.165) is 28.9 Å². The lowest BCUT2D eigenvalue weighted by Crippen LogP contribution is -2.22. The van der Waals surface area contributed by atoms with Gasteiger partial charge in [0.25, 0.3) is 0 Å². The van der Waals surface area contributed by atoms with Crippen molar-refractivity contribution in [1.29, 1.82) is 0 Å². The Kier molecular flexibility index (Phi) is 6.43. The molecular weight excluding hydrogens is 238 g/mol. The summed E-state index contributed by atoms with van der Waals surface area (Å²) >= 11 is 1.62. The average molecular weight is 259 g/mol. The van der Waals surface area contributed by atoms with E-state index < -0.39 is 0 Å². The third-order valence-electron chi connectivity index (χ3n) is 2.34. The van der Waals surface area contributed by atoms with Gasteiger partial charge in [0, 0.05) is 38.7 Å². The van der Waals surface area contributed by atoms with Crippen molar-refractivity contribution in [2.75, 3.05) is 38.8 Å². The van der Waals surface area contributed by atoms with Crippen molar-refractivity contribution in [3.8, 4) is 0 Å². The van der Waals surface area contributed by atoms with E-state index in [1.54, 1.807) is 18.4 Å². The van der Waals surface area contributed by atoms with Gasteiger partial charge in [-0.1, -0.05) is 0 Å². The fourth-order valence-electron chi connectivity index (χ4n) is 1.38. The van der Waals surface area contributed by atoms with Crippen LogP contribution in [0, 0.1) is 0 Å². The molecular formula is C11H21N3O2S. The summed E-state index contributed by atoms with van der Waals surface area (Å²) in [5.74, 6) is 0. The van der Waals surface area contributed by atoms with Crippen molar-refractivity contribution in [2.45, 2.75) is 20.1 Å². The first-order valence-electron chi connectivity index (χ1n) is 5.69. The second-order valence-corrected chi connectivity index (χ2v) is 4.68. The first-order chi connectivity index (χ1) is 8.22. The van der Waals surface area contributed by atoms with Crippen LogP contribution in [0.25, 0.3) is 0 Å². The molecule has 0 fully saturated rings. The van der Waals surface area contributed by atoms with Crippen LogP contribution in [0.5, 0.6) is 0 Å². The molecule has 0 unspecified atom stereocenters. The fraction of sp³-hybridized carbons (Fsp3) is 0.727. The Morgan fingerprint density at radius 3 is 2.82 bits per heavy atom. The van der Waals surface area contributed by atoms with Crippen LogP contribution >= 0.6 is 11.3 Å². The van der Waals surface area contributed by atoms with Crippen LogP contribution in [0.2, 0.25) is 0 Å². The number of nitrogens with two attached hydrogens (primary N) is 1. The molecule has 1 heterocycles. The molecule has 6 heteroatoms. The molecule has 17 heavy (non-hydrogen) atoms. The third-order valence-corrected chi connectivity index (χ3v) is 3.57. The van der Waals surface area contributed by atoms with Gasteiger partial charge in [-0.25, -0.2) is 4.98 Å². The molecule has 0 aromatic carbocycles. The summed E-state index contributed by atoms with van der Waals surface area (Å²) in [6, 6.07) is 0. The van der Waals surface area contributed by atoms with Gasteiger partial charge in [-0.15, -0.1) is 11.3 Å². The molecule has 98 valence electrons. The van der Waals surface area contributed by atoms with E-state index in [1.165, 1.54) is 0 Å². The number of thiazole rings is 1. The Bertz CT molecular complexity index is 331. The second kappa shape index (κ2) is 7.60. The number of likely N-dealkylation sites (N-methyl/N-ethyl adjacent to an activating group) is 1. The van der Waals surface area contributed by atoms with Crippen molar-refractivity contribution in [3.05, 3.63) is 10.6 Å². The first kappa shape index (κ1) is 14.4. The zero-order chi connectivity index (χ0) is 12.7. The number of hydrogen-bond acceptors (Lipinski definition) is 6. The SMILES string of the molecule is CCOCCN(C)c1nc(COC)c(CN)s1. The highest BCUT2D eigenvalue weighted by atomic mass is 32.1. The normalized spacial score (nSPS) is 10.8. The number of nitrogens with zero attached hydrogens (tertiary/aromatic N) is 2. The highest BCUT2D eigenvalue weighted by Crippen LogP contribution is 2.25. The van der Waals surface area contributed by atoms with Crippen molar-refractivity contribution < 1.29 is 9.47 Å². The molecule has 0 atom stereocenters. The van der Waals surface area contributed by atoms with Crippen LogP contribution in [-0.4, -0.2) is 38.9 Å². The van der Waals surface area contributed by atoms with Crippen molar-refractivity contribution in [1.82, 2.24) is 4.98 Å². The minimum atomic E-state index is 0.510. The summed E-state index contributed by atoms with van der Waals surface area (Å²) < 4.78 is 10.4. The Labute approximate surface area is 107 Å². The van der Waals surface area contributed by atoms with Crippen molar-refractivity contribution in [2.24, 2.45) is 5.73 Å². The van der Waals surface area contributed by atoms with E-state index >= 15 is 0 Å². The quantitative estimate of drug-likeness (QED) is 0.711. The molecule has 2 N–H and O–H groups in total. The van der Waals surface area contributed by atoms with Gasteiger partial charge in [-0.3, -0.25) is 0 Å². The molecule has 1 aromatic heterocycles. The predicted molar refractivity (Wildman–Crippen MR) is 70.5 cm³/mol. The second-order valence-electron chi connectivity index (χ2n) is 3.62. The van der Waals surface area contributed by atoms with E-state index in [9.17, 15) is 0 Å². The van der Waals surface area contributed by atoms with Crippen LogP contribution in [0.1, 0.15) is 17.5 Å². The summed E-state index contributed by atoms with van der Waals surface area (Å²) in [7, 11) is 3.67. The van der Waals surface area contributed by atoms with E-state index in [1.807, 2.05) is 14.0 Å². The van der Waals surface area contributed by atoms with Crippen LogP contribution in [0.4, 0.5) is 5.13 Å². The summed E-state index contributed by atoms with van der Waals surface area (Å²) in [6.45, 7) is 5.31. The number of anilines is 1. The molecule has 0 bridgehead atoms. The lowest BCUT2D eigenvalue weighted by Gasteiger charge is -2.14. The smallest absolute Gasteiger partial charge is 0.185 e. The Morgan fingerprint density at radius 1 is 1.47 bits per heavy atom. The molecule has 0 aliphatic heterocycles. The zero-order valence-corrected chi connectivity index (χ0v) is 11.5. The molecule has 1 aromatic rings. The van der Waals surface area contributed by atoms with Crippen LogP contribution in [-0.2, 0) is 22.6 Å². The van der Waals surface area contributed by atoms with Crippen LogP contribution < -0.4 is 10.6 Å². The van der Waals surface area contributed by atoms with Crippen LogP contribution in [0.15, 0.2) is 0 Å². The van der Waals surface area contributed by atoms with Crippen molar-refractivity contribution >= 4 is 16.5 Å². The first-order valence-corrected chi connectivity index (χ1v) is 6.51. The van der Waals surface area contributed by atoms with Gasteiger partial charge in [0.2, 0.25) is 0 Å². The zero-order valence-electron chi connectivity index (χ0n) is 10.7. The van der Waals surface area contributed by atoms with E-state index in [0.29, 0.717) is 19.8 Å². The van der Waals surface area contributed by atoms with Gasteiger partial charge in [0.1, 0.15) is 0 Å². The summed E-state index contributed by atoms with van der Waals surface area (Å²) in [5, 5.41) is 0.970. The van der Waals surface area contributed by atoms with E-state index in [-0.39, 0.29) is 0 Å². The van der Waals surface area contributed by atoms with Crippen molar-refractivity contribution in [3.63, 3.8) is 0 Å². The Morgan fingerprint density at radius 2 is 2.24 bits per heavy atom. The van der Waals surface area contributed by atoms with Crippen LogP contribution in [0.3, 0.4) is 0 Å². The lowest BCUT2D eigenvalue weighted by atomic mass is 10.4. The number of hydrogen-bond donors (Lipinski definition) is 1. The number of methoxy groups -OCH3 is 1. The van der Waals surface area contributed by atoms with E-state index in [2.05, 4.69) is 9.88 Å². The van der Waals surface area contributed by atoms with Gasteiger partial charge in [0.05, 0.1) is 18.9 Å². The predicted octanol–water partition coefficient (Wildman–Crippen LogP) is 1.22. The van der Waals surface area contributed by atoms with Gasteiger partial charge in [-0.2, -0.15) is 0 Å². The fourth-order valence-corrected chi connectivity index (χ4v) is 2.31. The number of aromatic nitrogens is 1. The van der Waals surface area contributed by atoms with Gasteiger partial charge in [0.15, 0.2) is 5.13 Å². The molecule has 0 saturated carbocycles. The highest BCUT2D eigenvalue weighted by molar-refractivity contribution is 7.15. The summed E-state index contributed by atoms with van der Waals surface area (Å²) in [5.41, 5.74) is 6.63. The van der Waals surface area contributed by atoms with E-state index in [4.69, 9.17) is 15.2 Å². The molecule has 0 amide bonds. The monoisotopic (exact) mass is 259 g/mol. The molecule has 0 radical (unpaired) electrons. The minimum absolute atomic E-state index is 0.510. The lowest BCUT2D eigenvalue weighted by molar-refractivity contribution is 0.154. The minimum Gasteiger partial charge on any atom is -0.380 e. The average Bonchev–Trinajstić information content (AvgIpc) is 2.73. The molecule has 5 nitrogen and oxygen atoms in total. The van der Waals surface area contributed by atoms with Gasteiger partial charge >= 0.3 is 0 Å².